The van der Waals surface area contributed by atoms with E-state index >= 15 is 0 Å². The molecule has 0 spiro atoms. The number of nitrogens with zero attached hydrogens (tertiary/aromatic N) is 3. The van der Waals surface area contributed by atoms with E-state index in [-0.39, 0.29) is 11.8 Å². The summed E-state index contributed by atoms with van der Waals surface area (Å²) in [7, 11) is 0. The van der Waals surface area contributed by atoms with Crippen molar-refractivity contribution in [1.29, 1.82) is 0 Å². The highest BCUT2D eigenvalue weighted by Gasteiger charge is 2.33. The third-order valence-corrected chi connectivity index (χ3v) is 5.14. The Morgan fingerprint density at radius 1 is 1.28 bits per heavy atom. The van der Waals surface area contributed by atoms with Crippen molar-refractivity contribution in [2.75, 3.05) is 31.1 Å². The lowest BCUT2D eigenvalue weighted by Gasteiger charge is -2.36. The van der Waals surface area contributed by atoms with Gasteiger partial charge in [0.05, 0.1) is 13.2 Å². The maximum atomic E-state index is 13.2. The molecule has 136 valence electrons. The zero-order chi connectivity index (χ0) is 17.6. The zero-order valence-electron chi connectivity index (χ0n) is 14.9. The van der Waals surface area contributed by atoms with Crippen LogP contribution in [0.5, 0.6) is 0 Å². The van der Waals surface area contributed by atoms with Crippen LogP contribution in [-0.4, -0.2) is 54.0 Å². The van der Waals surface area contributed by atoms with Crippen molar-refractivity contribution < 1.29 is 14.3 Å². The molecule has 1 aliphatic carbocycles. The monoisotopic (exact) mass is 345 g/mol. The largest absolute Gasteiger partial charge is 0.365 e. The Labute approximate surface area is 149 Å². The summed E-state index contributed by atoms with van der Waals surface area (Å²) < 4.78 is 5.70. The second kappa shape index (κ2) is 8.43. The molecule has 1 unspecified atom stereocenters. The van der Waals surface area contributed by atoms with E-state index in [0.29, 0.717) is 38.0 Å². The van der Waals surface area contributed by atoms with Gasteiger partial charge in [-0.15, -0.1) is 0 Å². The van der Waals surface area contributed by atoms with E-state index in [1.54, 1.807) is 16.0 Å². The summed E-state index contributed by atoms with van der Waals surface area (Å²) in [4.78, 5) is 32.7. The second-order valence-corrected chi connectivity index (χ2v) is 6.97. The third kappa shape index (κ3) is 4.57. The average Bonchev–Trinajstić information content (AvgIpc) is 2.67. The maximum Gasteiger partial charge on any atom is 0.259 e. The molecule has 2 fully saturated rings. The summed E-state index contributed by atoms with van der Waals surface area (Å²) in [5.41, 5.74) is 0. The van der Waals surface area contributed by atoms with Crippen molar-refractivity contribution in [3.05, 3.63) is 24.4 Å². The number of rotatable bonds is 4. The van der Waals surface area contributed by atoms with Gasteiger partial charge in [0.2, 0.25) is 5.91 Å². The lowest BCUT2D eigenvalue weighted by molar-refractivity contribution is -0.144. The summed E-state index contributed by atoms with van der Waals surface area (Å²) in [6.45, 7) is 3.48. The Hall–Kier alpha value is -1.95. The minimum atomic E-state index is -0.608. The summed E-state index contributed by atoms with van der Waals surface area (Å²) in [6.07, 6.45) is 7.15. The fraction of sp³-hybridized carbons (Fsp3) is 0.632. The molecule has 2 heterocycles. The Balaban J connectivity index is 1.75. The molecular weight excluding hydrogens is 318 g/mol. The van der Waals surface area contributed by atoms with Gasteiger partial charge in [-0.1, -0.05) is 25.3 Å². The van der Waals surface area contributed by atoms with Crippen LogP contribution in [0.15, 0.2) is 24.4 Å². The van der Waals surface area contributed by atoms with Crippen molar-refractivity contribution in [2.24, 2.45) is 5.92 Å². The maximum absolute atomic E-state index is 13.2. The second-order valence-electron chi connectivity index (χ2n) is 6.97. The first-order valence-electron chi connectivity index (χ1n) is 9.24. The zero-order valence-corrected chi connectivity index (χ0v) is 14.9. The molecule has 1 aromatic heterocycles. The first kappa shape index (κ1) is 17.9. The quantitative estimate of drug-likeness (QED) is 0.840. The summed E-state index contributed by atoms with van der Waals surface area (Å²) in [5, 5.41) is 0. The summed E-state index contributed by atoms with van der Waals surface area (Å²) >= 11 is 0. The van der Waals surface area contributed by atoms with E-state index in [1.165, 1.54) is 26.2 Å². The van der Waals surface area contributed by atoms with Gasteiger partial charge in [0.15, 0.2) is 6.10 Å². The standard InChI is InChI=1S/C19H27N3O3/c1-15(23)21-11-12-25-17(14-21)19(24)22(18-9-5-6-10-20-18)13-16-7-3-2-4-8-16/h5-6,9-10,16-17H,2-4,7-8,11-14H2,1H3. The highest BCUT2D eigenvalue weighted by molar-refractivity contribution is 5.96. The number of carbonyl (C=O) groups is 2. The highest BCUT2D eigenvalue weighted by atomic mass is 16.5. The molecule has 0 N–H and O–H groups in total. The Kier molecular flexibility index (Phi) is 6.02. The number of hydrogen-bond donors (Lipinski definition) is 0. The molecule has 0 aromatic carbocycles. The predicted molar refractivity (Wildman–Crippen MR) is 95.2 cm³/mol. The molecule has 25 heavy (non-hydrogen) atoms. The normalized spacial score (nSPS) is 21.8. The van der Waals surface area contributed by atoms with Crippen LogP contribution in [0.3, 0.4) is 0 Å². The number of ether oxygens (including phenoxy) is 1. The van der Waals surface area contributed by atoms with Crippen LogP contribution in [0.2, 0.25) is 0 Å². The first-order valence-corrected chi connectivity index (χ1v) is 9.24. The Bertz CT molecular complexity index is 587. The fourth-order valence-corrected chi connectivity index (χ4v) is 3.70. The lowest BCUT2D eigenvalue weighted by Crippen LogP contribution is -2.53. The van der Waals surface area contributed by atoms with Crippen LogP contribution in [0.25, 0.3) is 0 Å². The Morgan fingerprint density at radius 2 is 2.08 bits per heavy atom. The molecule has 3 rings (SSSR count). The van der Waals surface area contributed by atoms with Gasteiger partial charge in [0.25, 0.3) is 5.91 Å². The summed E-state index contributed by atoms with van der Waals surface area (Å²) in [6, 6.07) is 5.61. The fourth-order valence-electron chi connectivity index (χ4n) is 3.70. The van der Waals surface area contributed by atoms with Crippen molar-refractivity contribution in [2.45, 2.75) is 45.1 Å². The van der Waals surface area contributed by atoms with E-state index in [4.69, 9.17) is 4.74 Å². The van der Waals surface area contributed by atoms with Crippen LogP contribution < -0.4 is 4.90 Å². The van der Waals surface area contributed by atoms with E-state index < -0.39 is 6.10 Å². The topological polar surface area (TPSA) is 62.7 Å². The molecule has 1 aliphatic heterocycles. The molecule has 1 atom stereocenters. The molecular formula is C19H27N3O3. The smallest absolute Gasteiger partial charge is 0.259 e. The molecule has 1 saturated heterocycles. The van der Waals surface area contributed by atoms with Crippen LogP contribution in [0.1, 0.15) is 39.0 Å². The van der Waals surface area contributed by atoms with Crippen LogP contribution in [0, 0.1) is 5.92 Å². The molecule has 1 aromatic rings. The molecule has 6 heteroatoms. The number of anilines is 1. The molecule has 2 aliphatic rings. The average molecular weight is 345 g/mol. The van der Waals surface area contributed by atoms with Gasteiger partial charge < -0.3 is 9.64 Å². The minimum Gasteiger partial charge on any atom is -0.365 e. The molecule has 0 bridgehead atoms. The van der Waals surface area contributed by atoms with Gasteiger partial charge in [-0.3, -0.25) is 14.5 Å². The van der Waals surface area contributed by atoms with Crippen LogP contribution in [0.4, 0.5) is 5.82 Å². The van der Waals surface area contributed by atoms with E-state index in [2.05, 4.69) is 4.98 Å². The van der Waals surface area contributed by atoms with Gasteiger partial charge in [0.1, 0.15) is 5.82 Å². The predicted octanol–water partition coefficient (Wildman–Crippen LogP) is 2.24. The van der Waals surface area contributed by atoms with Crippen LogP contribution >= 0.6 is 0 Å². The van der Waals surface area contributed by atoms with Crippen molar-refractivity contribution in [3.63, 3.8) is 0 Å². The van der Waals surface area contributed by atoms with E-state index in [0.717, 1.165) is 12.8 Å². The molecule has 0 radical (unpaired) electrons. The molecule has 2 amide bonds. The number of carbonyl (C=O) groups excluding carboxylic acids is 2. The van der Waals surface area contributed by atoms with Gasteiger partial charge in [-0.25, -0.2) is 4.98 Å². The van der Waals surface area contributed by atoms with Gasteiger partial charge in [0, 0.05) is 26.2 Å². The van der Waals surface area contributed by atoms with Crippen molar-refractivity contribution in [3.8, 4) is 0 Å². The number of hydrogen-bond acceptors (Lipinski definition) is 4. The van der Waals surface area contributed by atoms with E-state index in [1.807, 2.05) is 18.2 Å². The van der Waals surface area contributed by atoms with Gasteiger partial charge in [-0.2, -0.15) is 0 Å². The Morgan fingerprint density at radius 3 is 2.76 bits per heavy atom. The highest BCUT2D eigenvalue weighted by Crippen LogP contribution is 2.26. The number of amides is 2. The lowest BCUT2D eigenvalue weighted by atomic mass is 9.89. The van der Waals surface area contributed by atoms with Crippen LogP contribution in [-0.2, 0) is 14.3 Å². The first-order chi connectivity index (χ1) is 12.1. The minimum absolute atomic E-state index is 0.0160. The van der Waals surface area contributed by atoms with E-state index in [9.17, 15) is 9.59 Å². The molecule has 1 saturated carbocycles. The van der Waals surface area contributed by atoms with Gasteiger partial charge >= 0.3 is 0 Å². The SMILES string of the molecule is CC(=O)N1CCOC(C(=O)N(CC2CCCCC2)c2ccccn2)C1. The van der Waals surface area contributed by atoms with Crippen molar-refractivity contribution >= 4 is 17.6 Å². The number of pyridine rings is 1. The third-order valence-electron chi connectivity index (χ3n) is 5.14. The number of aromatic nitrogens is 1. The molecule has 6 nitrogen and oxygen atoms in total. The van der Waals surface area contributed by atoms with Gasteiger partial charge in [-0.05, 0) is 30.9 Å². The van der Waals surface area contributed by atoms with Crippen molar-refractivity contribution in [1.82, 2.24) is 9.88 Å². The summed E-state index contributed by atoms with van der Waals surface area (Å²) in [5.74, 6) is 1.07. The number of morpholine rings is 1.